The van der Waals surface area contributed by atoms with E-state index in [0.29, 0.717) is 12.5 Å². The van der Waals surface area contributed by atoms with E-state index in [9.17, 15) is 0 Å². The zero-order chi connectivity index (χ0) is 11.2. The Morgan fingerprint density at radius 1 is 1.25 bits per heavy atom. The van der Waals surface area contributed by atoms with Crippen molar-refractivity contribution in [2.24, 2.45) is 5.92 Å². The van der Waals surface area contributed by atoms with Crippen molar-refractivity contribution in [2.75, 3.05) is 33.5 Å². The van der Waals surface area contributed by atoms with Crippen molar-refractivity contribution in [1.29, 1.82) is 0 Å². The molecule has 0 spiro atoms. The van der Waals surface area contributed by atoms with Crippen LogP contribution in [0, 0.1) is 5.92 Å². The maximum Gasteiger partial charge on any atom is 0.157 e. The van der Waals surface area contributed by atoms with E-state index >= 15 is 0 Å². The molecular weight excluding hydrogens is 208 g/mol. The first-order chi connectivity index (χ1) is 7.88. The van der Waals surface area contributed by atoms with Gasteiger partial charge in [0.05, 0.1) is 25.9 Å². The molecule has 16 heavy (non-hydrogen) atoms. The molecule has 3 atom stereocenters. The summed E-state index contributed by atoms with van der Waals surface area (Å²) in [6.07, 6.45) is 4.68. The molecule has 0 amide bonds. The molecular formula is C12H22O4. The topological polar surface area (TPSA) is 36.9 Å². The Morgan fingerprint density at radius 3 is 2.94 bits per heavy atom. The van der Waals surface area contributed by atoms with E-state index in [-0.39, 0.29) is 12.4 Å². The lowest BCUT2D eigenvalue weighted by atomic mass is 10.0. The van der Waals surface area contributed by atoms with Gasteiger partial charge >= 0.3 is 0 Å². The van der Waals surface area contributed by atoms with Crippen LogP contribution in [-0.2, 0) is 18.9 Å². The SMILES string of the molecule is COC1COCC(COC2CCCCO2)C1. The minimum Gasteiger partial charge on any atom is -0.379 e. The van der Waals surface area contributed by atoms with E-state index in [4.69, 9.17) is 18.9 Å². The van der Waals surface area contributed by atoms with Crippen LogP contribution in [0.2, 0.25) is 0 Å². The second kappa shape index (κ2) is 6.55. The smallest absolute Gasteiger partial charge is 0.157 e. The highest BCUT2D eigenvalue weighted by Crippen LogP contribution is 2.19. The number of hydrogen-bond acceptors (Lipinski definition) is 4. The van der Waals surface area contributed by atoms with Crippen LogP contribution in [0.25, 0.3) is 0 Å². The van der Waals surface area contributed by atoms with Crippen LogP contribution in [0.3, 0.4) is 0 Å². The predicted molar refractivity (Wildman–Crippen MR) is 59.3 cm³/mol. The summed E-state index contributed by atoms with van der Waals surface area (Å²) in [6, 6.07) is 0. The maximum atomic E-state index is 5.76. The van der Waals surface area contributed by atoms with Gasteiger partial charge in [0.15, 0.2) is 6.29 Å². The first kappa shape index (κ1) is 12.3. The Hall–Kier alpha value is -0.160. The lowest BCUT2D eigenvalue weighted by Gasteiger charge is -2.30. The van der Waals surface area contributed by atoms with Gasteiger partial charge in [-0.1, -0.05) is 0 Å². The molecule has 2 rings (SSSR count). The van der Waals surface area contributed by atoms with Crippen molar-refractivity contribution in [2.45, 2.75) is 38.1 Å². The molecule has 0 N–H and O–H groups in total. The van der Waals surface area contributed by atoms with E-state index in [2.05, 4.69) is 0 Å². The van der Waals surface area contributed by atoms with E-state index in [1.807, 2.05) is 0 Å². The van der Waals surface area contributed by atoms with E-state index in [0.717, 1.165) is 39.1 Å². The average Bonchev–Trinajstić information content (AvgIpc) is 2.38. The molecule has 2 heterocycles. The van der Waals surface area contributed by atoms with Crippen molar-refractivity contribution in [3.8, 4) is 0 Å². The highest BCUT2D eigenvalue weighted by atomic mass is 16.7. The molecule has 2 aliphatic rings. The molecule has 0 bridgehead atoms. The molecule has 0 aromatic rings. The van der Waals surface area contributed by atoms with Crippen LogP contribution in [0.1, 0.15) is 25.7 Å². The van der Waals surface area contributed by atoms with Crippen LogP contribution in [0.4, 0.5) is 0 Å². The van der Waals surface area contributed by atoms with Gasteiger partial charge < -0.3 is 18.9 Å². The van der Waals surface area contributed by atoms with Crippen LogP contribution < -0.4 is 0 Å². The Labute approximate surface area is 97.2 Å². The summed E-state index contributed by atoms with van der Waals surface area (Å²) in [5.74, 6) is 0.448. The summed E-state index contributed by atoms with van der Waals surface area (Å²) in [5.41, 5.74) is 0. The molecule has 2 aliphatic heterocycles. The third-order valence-electron chi connectivity index (χ3n) is 3.24. The zero-order valence-corrected chi connectivity index (χ0v) is 10.0. The van der Waals surface area contributed by atoms with E-state index in [1.54, 1.807) is 7.11 Å². The standard InChI is InChI=1S/C12H22O4/c1-13-11-6-10(7-14-9-11)8-16-12-4-2-3-5-15-12/h10-12H,2-9H2,1H3. The maximum absolute atomic E-state index is 5.76. The van der Waals surface area contributed by atoms with Crippen molar-refractivity contribution in [1.82, 2.24) is 0 Å². The van der Waals surface area contributed by atoms with Gasteiger partial charge in [0.1, 0.15) is 0 Å². The van der Waals surface area contributed by atoms with Gasteiger partial charge in [0, 0.05) is 19.6 Å². The molecule has 0 aromatic carbocycles. The van der Waals surface area contributed by atoms with Crippen LogP contribution in [0.5, 0.6) is 0 Å². The number of rotatable bonds is 4. The summed E-state index contributed by atoms with van der Waals surface area (Å²) in [4.78, 5) is 0. The molecule has 94 valence electrons. The van der Waals surface area contributed by atoms with Gasteiger partial charge in [0.2, 0.25) is 0 Å². The Bertz CT molecular complexity index is 191. The lowest BCUT2D eigenvalue weighted by molar-refractivity contribution is -0.179. The molecule has 0 radical (unpaired) electrons. The Morgan fingerprint density at radius 2 is 2.19 bits per heavy atom. The average molecular weight is 230 g/mol. The first-order valence-corrected chi connectivity index (χ1v) is 6.22. The zero-order valence-electron chi connectivity index (χ0n) is 10.0. The van der Waals surface area contributed by atoms with Crippen molar-refractivity contribution in [3.05, 3.63) is 0 Å². The van der Waals surface area contributed by atoms with Crippen LogP contribution in [0.15, 0.2) is 0 Å². The monoisotopic (exact) mass is 230 g/mol. The third kappa shape index (κ3) is 3.70. The van der Waals surface area contributed by atoms with Crippen LogP contribution >= 0.6 is 0 Å². The van der Waals surface area contributed by atoms with Gasteiger partial charge in [-0.2, -0.15) is 0 Å². The number of methoxy groups -OCH3 is 1. The Kier molecular flexibility index (Phi) is 5.03. The first-order valence-electron chi connectivity index (χ1n) is 6.22. The largest absolute Gasteiger partial charge is 0.379 e. The summed E-state index contributed by atoms with van der Waals surface area (Å²) < 4.78 is 22.1. The summed E-state index contributed by atoms with van der Waals surface area (Å²) in [7, 11) is 1.74. The number of hydrogen-bond donors (Lipinski definition) is 0. The molecule has 0 aromatic heterocycles. The van der Waals surface area contributed by atoms with Gasteiger partial charge in [-0.3, -0.25) is 0 Å². The molecule has 0 saturated carbocycles. The quantitative estimate of drug-likeness (QED) is 0.735. The fourth-order valence-electron chi connectivity index (χ4n) is 2.24. The third-order valence-corrected chi connectivity index (χ3v) is 3.24. The number of ether oxygens (including phenoxy) is 4. The van der Waals surface area contributed by atoms with Crippen LogP contribution in [-0.4, -0.2) is 45.9 Å². The van der Waals surface area contributed by atoms with Gasteiger partial charge in [0.25, 0.3) is 0 Å². The minimum absolute atomic E-state index is 0.0108. The predicted octanol–water partition coefficient (Wildman–Crippen LogP) is 1.58. The van der Waals surface area contributed by atoms with E-state index < -0.39 is 0 Å². The van der Waals surface area contributed by atoms with E-state index in [1.165, 1.54) is 6.42 Å². The summed E-state index contributed by atoms with van der Waals surface area (Å²) in [6.45, 7) is 3.07. The highest BCUT2D eigenvalue weighted by molar-refractivity contribution is 4.71. The molecule has 4 nitrogen and oxygen atoms in total. The fourth-order valence-corrected chi connectivity index (χ4v) is 2.24. The molecule has 2 saturated heterocycles. The lowest BCUT2D eigenvalue weighted by Crippen LogP contribution is -2.34. The second-order valence-corrected chi connectivity index (χ2v) is 4.63. The highest BCUT2D eigenvalue weighted by Gasteiger charge is 2.24. The van der Waals surface area contributed by atoms with Crippen molar-refractivity contribution < 1.29 is 18.9 Å². The van der Waals surface area contributed by atoms with Gasteiger partial charge in [-0.25, -0.2) is 0 Å². The molecule has 2 fully saturated rings. The van der Waals surface area contributed by atoms with Gasteiger partial charge in [-0.15, -0.1) is 0 Å². The fraction of sp³-hybridized carbons (Fsp3) is 1.00. The van der Waals surface area contributed by atoms with Crippen molar-refractivity contribution >= 4 is 0 Å². The second-order valence-electron chi connectivity index (χ2n) is 4.63. The molecule has 0 aliphatic carbocycles. The van der Waals surface area contributed by atoms with Crippen molar-refractivity contribution in [3.63, 3.8) is 0 Å². The molecule has 3 unspecified atom stereocenters. The minimum atomic E-state index is 0.0108. The Balaban J connectivity index is 1.64. The summed E-state index contributed by atoms with van der Waals surface area (Å²) in [5, 5.41) is 0. The summed E-state index contributed by atoms with van der Waals surface area (Å²) >= 11 is 0. The normalized spacial score (nSPS) is 36.2. The van der Waals surface area contributed by atoms with Gasteiger partial charge in [-0.05, 0) is 25.7 Å². The molecule has 4 heteroatoms.